The number of fused-ring (bicyclic) bond motifs is 1. The highest BCUT2D eigenvalue weighted by molar-refractivity contribution is 6.31. The van der Waals surface area contributed by atoms with Gasteiger partial charge in [0, 0.05) is 25.3 Å². The van der Waals surface area contributed by atoms with Crippen LogP contribution in [0.4, 0.5) is 0 Å². The van der Waals surface area contributed by atoms with Crippen LogP contribution in [0.1, 0.15) is 18.7 Å². The molecule has 96 valence electrons. The summed E-state index contributed by atoms with van der Waals surface area (Å²) in [6.07, 6.45) is 1.61. The van der Waals surface area contributed by atoms with Crippen LogP contribution in [0.15, 0.2) is 18.2 Å². The summed E-state index contributed by atoms with van der Waals surface area (Å²) in [7, 11) is 2.00. The van der Waals surface area contributed by atoms with Crippen LogP contribution >= 0.6 is 11.6 Å². The number of benzene rings is 1. The van der Waals surface area contributed by atoms with Gasteiger partial charge in [-0.1, -0.05) is 11.6 Å². The van der Waals surface area contributed by atoms with E-state index < -0.39 is 5.54 Å². The lowest BCUT2D eigenvalue weighted by atomic mass is 9.90. The fourth-order valence-electron chi connectivity index (χ4n) is 2.58. The second kappa shape index (κ2) is 4.23. The zero-order valence-corrected chi connectivity index (χ0v) is 11.1. The van der Waals surface area contributed by atoms with Crippen molar-refractivity contribution < 1.29 is 4.74 Å². The van der Waals surface area contributed by atoms with Crippen molar-refractivity contribution in [3.63, 3.8) is 0 Å². The molecule has 5 heteroatoms. The monoisotopic (exact) mass is 265 g/mol. The van der Waals surface area contributed by atoms with Gasteiger partial charge in [0.2, 0.25) is 0 Å². The topological polar surface area (TPSA) is 53.1 Å². The van der Waals surface area contributed by atoms with Gasteiger partial charge in [-0.05, 0) is 31.0 Å². The van der Waals surface area contributed by atoms with Crippen molar-refractivity contribution in [3.05, 3.63) is 29.0 Å². The van der Waals surface area contributed by atoms with Gasteiger partial charge in [-0.25, -0.2) is 4.98 Å². The molecule has 0 amide bonds. The summed E-state index contributed by atoms with van der Waals surface area (Å²) >= 11 is 6.00. The summed E-state index contributed by atoms with van der Waals surface area (Å²) in [4.78, 5) is 4.67. The van der Waals surface area contributed by atoms with Crippen LogP contribution in [0, 0.1) is 0 Å². The van der Waals surface area contributed by atoms with E-state index in [1.54, 1.807) is 0 Å². The highest BCUT2D eigenvalue weighted by atomic mass is 35.5. The molecule has 0 radical (unpaired) electrons. The summed E-state index contributed by atoms with van der Waals surface area (Å²) in [6.45, 7) is 1.39. The van der Waals surface area contributed by atoms with Crippen LogP contribution in [-0.4, -0.2) is 22.8 Å². The van der Waals surface area contributed by atoms with Crippen molar-refractivity contribution in [3.8, 4) is 0 Å². The van der Waals surface area contributed by atoms with Gasteiger partial charge in [-0.15, -0.1) is 0 Å². The van der Waals surface area contributed by atoms with Gasteiger partial charge in [0.15, 0.2) is 0 Å². The Labute approximate surface area is 111 Å². The standard InChI is InChI=1S/C13H16ClN3O/c1-17-11-3-2-9(14)8-10(11)16-12(17)13(15)4-6-18-7-5-13/h2-3,8H,4-7,15H2,1H3. The average molecular weight is 266 g/mol. The van der Waals surface area contributed by atoms with Crippen molar-refractivity contribution in [2.75, 3.05) is 13.2 Å². The number of aryl methyl sites for hydroxylation is 1. The first-order valence-corrected chi connectivity index (χ1v) is 6.47. The summed E-state index contributed by atoms with van der Waals surface area (Å²) in [5, 5.41) is 0.699. The summed E-state index contributed by atoms with van der Waals surface area (Å²) in [6, 6.07) is 5.74. The Morgan fingerprint density at radius 1 is 1.39 bits per heavy atom. The number of ether oxygens (including phenoxy) is 1. The molecule has 1 aliphatic heterocycles. The number of nitrogens with zero attached hydrogens (tertiary/aromatic N) is 2. The molecule has 0 saturated carbocycles. The number of halogens is 1. The van der Waals surface area contributed by atoms with Crippen LogP contribution in [0.2, 0.25) is 5.02 Å². The highest BCUT2D eigenvalue weighted by Gasteiger charge is 2.34. The highest BCUT2D eigenvalue weighted by Crippen LogP contribution is 2.31. The smallest absolute Gasteiger partial charge is 0.129 e. The van der Waals surface area contributed by atoms with E-state index in [-0.39, 0.29) is 0 Å². The van der Waals surface area contributed by atoms with E-state index >= 15 is 0 Å². The SMILES string of the molecule is Cn1c(C2(N)CCOCC2)nc2cc(Cl)ccc21. The molecular formula is C13H16ClN3O. The molecule has 0 spiro atoms. The minimum atomic E-state index is -0.390. The predicted molar refractivity (Wildman–Crippen MR) is 71.6 cm³/mol. The Hall–Kier alpha value is -1.10. The molecule has 4 nitrogen and oxygen atoms in total. The normalized spacial score (nSPS) is 19.3. The molecule has 0 aliphatic carbocycles. The Balaban J connectivity index is 2.14. The molecule has 3 rings (SSSR count). The third-order valence-corrected chi connectivity index (χ3v) is 3.91. The number of aromatic nitrogens is 2. The quantitative estimate of drug-likeness (QED) is 0.860. The zero-order chi connectivity index (χ0) is 12.8. The van der Waals surface area contributed by atoms with Gasteiger partial charge in [0.1, 0.15) is 5.82 Å². The Kier molecular flexibility index (Phi) is 2.81. The Bertz CT molecular complexity index is 587. The molecular weight excluding hydrogens is 250 g/mol. The fraction of sp³-hybridized carbons (Fsp3) is 0.462. The molecule has 2 N–H and O–H groups in total. The largest absolute Gasteiger partial charge is 0.381 e. The van der Waals surface area contributed by atoms with E-state index in [0.29, 0.717) is 18.2 Å². The van der Waals surface area contributed by atoms with E-state index in [2.05, 4.69) is 9.55 Å². The van der Waals surface area contributed by atoms with Crippen molar-refractivity contribution >= 4 is 22.6 Å². The molecule has 1 aromatic carbocycles. The molecule has 2 aromatic rings. The second-order valence-corrected chi connectivity index (χ2v) is 5.33. The van der Waals surface area contributed by atoms with Crippen molar-refractivity contribution in [1.82, 2.24) is 9.55 Å². The zero-order valence-electron chi connectivity index (χ0n) is 10.3. The third kappa shape index (κ3) is 1.81. The van der Waals surface area contributed by atoms with E-state index in [4.69, 9.17) is 22.1 Å². The second-order valence-electron chi connectivity index (χ2n) is 4.90. The summed E-state index contributed by atoms with van der Waals surface area (Å²) in [5.74, 6) is 0.920. The number of hydrogen-bond acceptors (Lipinski definition) is 3. The first-order valence-electron chi connectivity index (χ1n) is 6.09. The van der Waals surface area contributed by atoms with Crippen LogP contribution < -0.4 is 5.73 Å². The maximum Gasteiger partial charge on any atom is 0.129 e. The summed E-state index contributed by atoms with van der Waals surface area (Å²) < 4.78 is 7.45. The van der Waals surface area contributed by atoms with Gasteiger partial charge < -0.3 is 15.0 Å². The third-order valence-electron chi connectivity index (χ3n) is 3.67. The first-order chi connectivity index (χ1) is 8.60. The number of hydrogen-bond donors (Lipinski definition) is 1. The van der Waals surface area contributed by atoms with Gasteiger partial charge in [-0.3, -0.25) is 0 Å². The van der Waals surface area contributed by atoms with Crippen molar-refractivity contribution in [2.24, 2.45) is 12.8 Å². The van der Waals surface area contributed by atoms with E-state index in [1.165, 1.54) is 0 Å². The van der Waals surface area contributed by atoms with E-state index in [1.807, 2.05) is 25.2 Å². The number of imidazole rings is 1. The molecule has 2 heterocycles. The molecule has 0 bridgehead atoms. The Morgan fingerprint density at radius 3 is 2.83 bits per heavy atom. The van der Waals surface area contributed by atoms with E-state index in [0.717, 1.165) is 29.7 Å². The number of rotatable bonds is 1. The van der Waals surface area contributed by atoms with Crippen molar-refractivity contribution in [1.29, 1.82) is 0 Å². The van der Waals surface area contributed by atoms with Crippen molar-refractivity contribution in [2.45, 2.75) is 18.4 Å². The van der Waals surface area contributed by atoms with Crippen LogP contribution in [0.5, 0.6) is 0 Å². The minimum Gasteiger partial charge on any atom is -0.381 e. The first kappa shape index (κ1) is 12.0. The van der Waals surface area contributed by atoms with Gasteiger partial charge >= 0.3 is 0 Å². The molecule has 1 aromatic heterocycles. The maximum absolute atomic E-state index is 6.49. The molecule has 1 saturated heterocycles. The van der Waals surface area contributed by atoms with Gasteiger partial charge in [0.25, 0.3) is 0 Å². The maximum atomic E-state index is 6.49. The summed E-state index contributed by atoms with van der Waals surface area (Å²) in [5.41, 5.74) is 8.06. The molecule has 1 fully saturated rings. The lowest BCUT2D eigenvalue weighted by Gasteiger charge is -2.32. The fourth-order valence-corrected chi connectivity index (χ4v) is 2.74. The van der Waals surface area contributed by atoms with E-state index in [9.17, 15) is 0 Å². The lowest BCUT2D eigenvalue weighted by Crippen LogP contribution is -2.44. The minimum absolute atomic E-state index is 0.390. The van der Waals surface area contributed by atoms with Crippen LogP contribution in [0.3, 0.4) is 0 Å². The van der Waals surface area contributed by atoms with Crippen LogP contribution in [-0.2, 0) is 17.3 Å². The number of nitrogens with two attached hydrogens (primary N) is 1. The lowest BCUT2D eigenvalue weighted by molar-refractivity contribution is 0.0484. The van der Waals surface area contributed by atoms with Gasteiger partial charge in [-0.2, -0.15) is 0 Å². The molecule has 0 atom stereocenters. The molecule has 18 heavy (non-hydrogen) atoms. The van der Waals surface area contributed by atoms with Gasteiger partial charge in [0.05, 0.1) is 16.6 Å². The predicted octanol–water partition coefficient (Wildman–Crippen LogP) is 2.19. The van der Waals surface area contributed by atoms with Crippen LogP contribution in [0.25, 0.3) is 11.0 Å². The molecule has 1 aliphatic rings. The molecule has 0 unspecified atom stereocenters. The average Bonchev–Trinajstić information content (AvgIpc) is 2.68. The Morgan fingerprint density at radius 2 is 2.11 bits per heavy atom.